The minimum absolute atomic E-state index is 0.145. The fourth-order valence-corrected chi connectivity index (χ4v) is 1.51. The largest absolute Gasteiger partial charge is 0.386 e. The van der Waals surface area contributed by atoms with Crippen LogP contribution in [-0.4, -0.2) is 23.9 Å². The van der Waals surface area contributed by atoms with E-state index in [9.17, 15) is 5.11 Å². The first-order valence-electron chi connectivity index (χ1n) is 6.15. The van der Waals surface area contributed by atoms with E-state index in [1.54, 1.807) is 0 Å². The first kappa shape index (κ1) is 14.0. The van der Waals surface area contributed by atoms with E-state index in [4.69, 9.17) is 4.74 Å². The van der Waals surface area contributed by atoms with Crippen molar-refractivity contribution in [1.29, 1.82) is 0 Å². The van der Waals surface area contributed by atoms with Crippen LogP contribution in [0.1, 0.15) is 39.4 Å². The number of aliphatic hydroxyl groups excluding tert-OH is 1. The Balaban J connectivity index is 2.54. The number of aliphatic hydroxyl groups is 1. The van der Waals surface area contributed by atoms with Crippen molar-refractivity contribution in [2.24, 2.45) is 0 Å². The van der Waals surface area contributed by atoms with Gasteiger partial charge in [-0.25, -0.2) is 0 Å². The van der Waals surface area contributed by atoms with Crippen molar-refractivity contribution in [1.82, 2.24) is 0 Å². The van der Waals surface area contributed by atoms with Crippen molar-refractivity contribution in [3.05, 3.63) is 29.8 Å². The quantitative estimate of drug-likeness (QED) is 0.799. The topological polar surface area (TPSA) is 41.5 Å². The van der Waals surface area contributed by atoms with Crippen molar-refractivity contribution in [3.63, 3.8) is 0 Å². The van der Waals surface area contributed by atoms with Gasteiger partial charge >= 0.3 is 0 Å². The molecule has 3 heteroatoms. The van der Waals surface area contributed by atoms with Crippen molar-refractivity contribution < 1.29 is 9.84 Å². The number of ether oxygens (including phenoxy) is 1. The monoisotopic (exact) mass is 237 g/mol. The molecular formula is C14H23NO2. The van der Waals surface area contributed by atoms with Crippen LogP contribution in [0.5, 0.6) is 0 Å². The zero-order valence-corrected chi connectivity index (χ0v) is 11.1. The standard InChI is InChI=1S/C14H23NO2/c1-10(2)15-13-7-5-12(6-8-13)14(16)9-17-11(3)4/h5-8,10-11,14-16H,9H2,1-4H3. The fourth-order valence-electron chi connectivity index (χ4n) is 1.51. The lowest BCUT2D eigenvalue weighted by Crippen LogP contribution is -2.12. The van der Waals surface area contributed by atoms with E-state index in [1.165, 1.54) is 0 Å². The molecule has 0 bridgehead atoms. The zero-order chi connectivity index (χ0) is 12.8. The molecule has 0 saturated heterocycles. The van der Waals surface area contributed by atoms with Crippen LogP contribution < -0.4 is 5.32 Å². The van der Waals surface area contributed by atoms with Gasteiger partial charge in [-0.15, -0.1) is 0 Å². The molecule has 1 unspecified atom stereocenters. The number of anilines is 1. The lowest BCUT2D eigenvalue weighted by Gasteiger charge is -2.15. The van der Waals surface area contributed by atoms with E-state index in [0.717, 1.165) is 11.3 Å². The highest BCUT2D eigenvalue weighted by atomic mass is 16.5. The Bertz CT molecular complexity index is 319. The van der Waals surface area contributed by atoms with Crippen LogP contribution in [0.4, 0.5) is 5.69 Å². The first-order valence-corrected chi connectivity index (χ1v) is 6.15. The molecule has 2 N–H and O–H groups in total. The summed E-state index contributed by atoms with van der Waals surface area (Å²) in [6.45, 7) is 8.46. The van der Waals surface area contributed by atoms with Gasteiger partial charge in [0.25, 0.3) is 0 Å². The van der Waals surface area contributed by atoms with Crippen LogP contribution in [0.2, 0.25) is 0 Å². The Morgan fingerprint density at radius 2 is 1.71 bits per heavy atom. The highest BCUT2D eigenvalue weighted by Gasteiger charge is 2.08. The maximum Gasteiger partial charge on any atom is 0.102 e. The summed E-state index contributed by atoms with van der Waals surface area (Å²) in [5, 5.41) is 13.2. The highest BCUT2D eigenvalue weighted by Crippen LogP contribution is 2.17. The lowest BCUT2D eigenvalue weighted by molar-refractivity contribution is 0.00493. The number of nitrogens with one attached hydrogen (secondary N) is 1. The minimum Gasteiger partial charge on any atom is -0.386 e. The molecule has 0 saturated carbocycles. The Morgan fingerprint density at radius 1 is 1.12 bits per heavy atom. The molecule has 17 heavy (non-hydrogen) atoms. The predicted molar refractivity (Wildman–Crippen MR) is 71.2 cm³/mol. The number of hydrogen-bond acceptors (Lipinski definition) is 3. The molecule has 0 aliphatic rings. The summed E-state index contributed by atoms with van der Waals surface area (Å²) < 4.78 is 5.39. The van der Waals surface area contributed by atoms with Gasteiger partial charge in [0.1, 0.15) is 6.10 Å². The van der Waals surface area contributed by atoms with Crippen LogP contribution in [0, 0.1) is 0 Å². The fraction of sp³-hybridized carbons (Fsp3) is 0.571. The van der Waals surface area contributed by atoms with Gasteiger partial charge in [-0.2, -0.15) is 0 Å². The Morgan fingerprint density at radius 3 is 2.18 bits per heavy atom. The maximum absolute atomic E-state index is 9.90. The maximum atomic E-state index is 9.90. The van der Waals surface area contributed by atoms with Gasteiger partial charge in [-0.1, -0.05) is 12.1 Å². The van der Waals surface area contributed by atoms with Crippen LogP contribution in [-0.2, 0) is 4.74 Å². The van der Waals surface area contributed by atoms with Gasteiger partial charge < -0.3 is 15.2 Å². The van der Waals surface area contributed by atoms with Crippen LogP contribution in [0.25, 0.3) is 0 Å². The van der Waals surface area contributed by atoms with Gasteiger partial charge in [-0.3, -0.25) is 0 Å². The van der Waals surface area contributed by atoms with E-state index in [-0.39, 0.29) is 6.10 Å². The van der Waals surface area contributed by atoms with Gasteiger partial charge in [-0.05, 0) is 45.4 Å². The molecule has 1 atom stereocenters. The highest BCUT2D eigenvalue weighted by molar-refractivity contribution is 5.45. The number of rotatable bonds is 6. The third-order valence-electron chi connectivity index (χ3n) is 2.34. The summed E-state index contributed by atoms with van der Waals surface area (Å²) in [6, 6.07) is 8.23. The van der Waals surface area contributed by atoms with Crippen LogP contribution in [0.15, 0.2) is 24.3 Å². The second kappa shape index (κ2) is 6.62. The summed E-state index contributed by atoms with van der Waals surface area (Å²) in [7, 11) is 0. The molecule has 0 fully saturated rings. The second-order valence-electron chi connectivity index (χ2n) is 4.82. The predicted octanol–water partition coefficient (Wildman–Crippen LogP) is 2.97. The molecule has 3 nitrogen and oxygen atoms in total. The molecule has 0 spiro atoms. The molecule has 0 amide bonds. The van der Waals surface area contributed by atoms with Crippen molar-refractivity contribution in [2.75, 3.05) is 11.9 Å². The molecule has 0 aromatic heterocycles. The van der Waals surface area contributed by atoms with E-state index in [1.807, 2.05) is 38.1 Å². The van der Waals surface area contributed by atoms with E-state index in [0.29, 0.717) is 12.6 Å². The zero-order valence-electron chi connectivity index (χ0n) is 11.1. The van der Waals surface area contributed by atoms with Gasteiger partial charge in [0.15, 0.2) is 0 Å². The average molecular weight is 237 g/mol. The summed E-state index contributed by atoms with van der Waals surface area (Å²) >= 11 is 0. The molecule has 96 valence electrons. The second-order valence-corrected chi connectivity index (χ2v) is 4.82. The normalized spacial score (nSPS) is 13.1. The van der Waals surface area contributed by atoms with Gasteiger partial charge in [0, 0.05) is 11.7 Å². The molecule has 0 heterocycles. The third-order valence-corrected chi connectivity index (χ3v) is 2.34. The minimum atomic E-state index is -0.550. The molecule has 1 rings (SSSR count). The molecule has 0 aliphatic carbocycles. The average Bonchev–Trinajstić information content (AvgIpc) is 2.26. The lowest BCUT2D eigenvalue weighted by atomic mass is 10.1. The SMILES string of the molecule is CC(C)Nc1ccc(C(O)COC(C)C)cc1. The van der Waals surface area contributed by atoms with Crippen LogP contribution in [0.3, 0.4) is 0 Å². The van der Waals surface area contributed by atoms with Crippen LogP contribution >= 0.6 is 0 Å². The Labute approximate surface area is 104 Å². The molecule has 1 aromatic rings. The van der Waals surface area contributed by atoms with Gasteiger partial charge in [0.05, 0.1) is 12.7 Å². The summed E-state index contributed by atoms with van der Waals surface area (Å²) in [6.07, 6.45) is -0.406. The van der Waals surface area contributed by atoms with Gasteiger partial charge in [0.2, 0.25) is 0 Å². The summed E-state index contributed by atoms with van der Waals surface area (Å²) in [4.78, 5) is 0. The van der Waals surface area contributed by atoms with Crippen molar-refractivity contribution >= 4 is 5.69 Å². The number of benzene rings is 1. The van der Waals surface area contributed by atoms with Crippen molar-refractivity contribution in [3.8, 4) is 0 Å². The van der Waals surface area contributed by atoms with E-state index in [2.05, 4.69) is 19.2 Å². The van der Waals surface area contributed by atoms with Crippen molar-refractivity contribution in [2.45, 2.75) is 45.9 Å². The summed E-state index contributed by atoms with van der Waals surface area (Å²) in [5.41, 5.74) is 1.96. The third kappa shape index (κ3) is 5.20. The molecule has 0 aliphatic heterocycles. The smallest absolute Gasteiger partial charge is 0.102 e. The summed E-state index contributed by atoms with van der Waals surface area (Å²) in [5.74, 6) is 0. The van der Waals surface area contributed by atoms with E-state index >= 15 is 0 Å². The Kier molecular flexibility index (Phi) is 5.45. The molecule has 0 radical (unpaired) electrons. The van der Waals surface area contributed by atoms with E-state index < -0.39 is 6.10 Å². The molecular weight excluding hydrogens is 214 g/mol. The first-order chi connectivity index (χ1) is 7.99. The number of hydrogen-bond donors (Lipinski definition) is 2. The molecule has 1 aromatic carbocycles. The Hall–Kier alpha value is -1.06.